The third-order valence-corrected chi connectivity index (χ3v) is 3.70. The highest BCUT2D eigenvalue weighted by molar-refractivity contribution is 6.63. The van der Waals surface area contributed by atoms with E-state index in [0.29, 0.717) is 5.82 Å². The van der Waals surface area contributed by atoms with E-state index in [0.717, 1.165) is 11.0 Å². The lowest BCUT2D eigenvalue weighted by Gasteiger charge is -2.32. The van der Waals surface area contributed by atoms with Gasteiger partial charge in [0.25, 0.3) is 0 Å². The summed E-state index contributed by atoms with van der Waals surface area (Å²) in [5, 5.41) is 0. The summed E-state index contributed by atoms with van der Waals surface area (Å²) < 4.78 is 12.0. The van der Waals surface area contributed by atoms with Crippen molar-refractivity contribution in [3.05, 3.63) is 17.8 Å². The Balaban J connectivity index is 2.37. The SMILES string of the molecule is Cc1cnc(NN)c(B2OC(C)(C)C(C)(C)O2)c1. The number of hydrazine groups is 1. The Kier molecular flexibility index (Phi) is 3.13. The number of pyridine rings is 1. The van der Waals surface area contributed by atoms with E-state index in [1.54, 1.807) is 6.20 Å². The van der Waals surface area contributed by atoms with E-state index in [2.05, 4.69) is 10.4 Å². The fourth-order valence-corrected chi connectivity index (χ4v) is 1.86. The fourth-order valence-electron chi connectivity index (χ4n) is 1.86. The van der Waals surface area contributed by atoms with Crippen LogP contribution in [0.4, 0.5) is 5.82 Å². The summed E-state index contributed by atoms with van der Waals surface area (Å²) in [7, 11) is -0.451. The Morgan fingerprint density at radius 1 is 1.22 bits per heavy atom. The molecule has 5 nitrogen and oxygen atoms in total. The minimum atomic E-state index is -0.451. The molecule has 3 N–H and O–H groups in total. The number of anilines is 1. The van der Waals surface area contributed by atoms with Crippen LogP contribution in [0.15, 0.2) is 12.3 Å². The first-order chi connectivity index (χ1) is 8.27. The van der Waals surface area contributed by atoms with Gasteiger partial charge in [-0.1, -0.05) is 6.07 Å². The van der Waals surface area contributed by atoms with Crippen LogP contribution in [0.2, 0.25) is 0 Å². The molecule has 0 aliphatic carbocycles. The average Bonchev–Trinajstić information content (AvgIpc) is 2.48. The van der Waals surface area contributed by atoms with Crippen LogP contribution in [0.5, 0.6) is 0 Å². The Morgan fingerprint density at radius 2 is 1.78 bits per heavy atom. The topological polar surface area (TPSA) is 69.4 Å². The van der Waals surface area contributed by atoms with Gasteiger partial charge in [-0.3, -0.25) is 0 Å². The molecule has 1 aromatic heterocycles. The molecule has 6 heteroatoms. The van der Waals surface area contributed by atoms with Gasteiger partial charge >= 0.3 is 7.12 Å². The molecule has 1 aliphatic rings. The van der Waals surface area contributed by atoms with E-state index >= 15 is 0 Å². The average molecular weight is 249 g/mol. The van der Waals surface area contributed by atoms with Crippen molar-refractivity contribution in [3.8, 4) is 0 Å². The first-order valence-electron chi connectivity index (χ1n) is 6.05. The molecule has 0 spiro atoms. The van der Waals surface area contributed by atoms with Gasteiger partial charge in [0, 0.05) is 11.7 Å². The Labute approximate surface area is 108 Å². The zero-order valence-electron chi connectivity index (χ0n) is 11.6. The van der Waals surface area contributed by atoms with E-state index in [1.165, 1.54) is 0 Å². The lowest BCUT2D eigenvalue weighted by atomic mass is 9.78. The van der Waals surface area contributed by atoms with Crippen molar-refractivity contribution < 1.29 is 9.31 Å². The summed E-state index contributed by atoms with van der Waals surface area (Å²) in [6.07, 6.45) is 1.75. The zero-order chi connectivity index (χ0) is 13.6. The van der Waals surface area contributed by atoms with Crippen molar-refractivity contribution in [1.82, 2.24) is 4.98 Å². The molecule has 18 heavy (non-hydrogen) atoms. The number of nitrogens with zero attached hydrogens (tertiary/aromatic N) is 1. The molecule has 1 aromatic rings. The highest BCUT2D eigenvalue weighted by Crippen LogP contribution is 2.36. The van der Waals surface area contributed by atoms with Gasteiger partial charge in [0.05, 0.1) is 11.2 Å². The maximum Gasteiger partial charge on any atom is 0.498 e. The molecule has 0 saturated carbocycles. The van der Waals surface area contributed by atoms with Crippen LogP contribution in [-0.4, -0.2) is 23.3 Å². The normalized spacial score (nSPS) is 21.1. The molecule has 1 saturated heterocycles. The summed E-state index contributed by atoms with van der Waals surface area (Å²) in [6.45, 7) is 10.1. The lowest BCUT2D eigenvalue weighted by molar-refractivity contribution is 0.00578. The number of aryl methyl sites for hydroxylation is 1. The molecular formula is C12H20BN3O2. The van der Waals surface area contributed by atoms with Crippen molar-refractivity contribution in [2.75, 3.05) is 5.43 Å². The molecule has 1 aliphatic heterocycles. The van der Waals surface area contributed by atoms with Crippen molar-refractivity contribution >= 4 is 18.4 Å². The molecule has 0 aromatic carbocycles. The van der Waals surface area contributed by atoms with Gasteiger partial charge in [-0.05, 0) is 40.2 Å². The second-order valence-corrected chi connectivity index (χ2v) is 5.68. The minimum absolute atomic E-state index is 0.368. The highest BCUT2D eigenvalue weighted by atomic mass is 16.7. The van der Waals surface area contributed by atoms with Gasteiger partial charge in [0.2, 0.25) is 0 Å². The van der Waals surface area contributed by atoms with Crippen molar-refractivity contribution in [2.24, 2.45) is 5.84 Å². The van der Waals surface area contributed by atoms with Crippen LogP contribution >= 0.6 is 0 Å². The van der Waals surface area contributed by atoms with Gasteiger partial charge < -0.3 is 14.7 Å². The Hall–Kier alpha value is -1.11. The predicted molar refractivity (Wildman–Crippen MR) is 72.5 cm³/mol. The summed E-state index contributed by atoms with van der Waals surface area (Å²) in [5.74, 6) is 6.06. The zero-order valence-corrected chi connectivity index (χ0v) is 11.6. The molecular weight excluding hydrogens is 229 g/mol. The van der Waals surface area contributed by atoms with Crippen molar-refractivity contribution in [2.45, 2.75) is 45.8 Å². The van der Waals surface area contributed by atoms with Crippen LogP contribution in [0.1, 0.15) is 33.3 Å². The van der Waals surface area contributed by atoms with Crippen molar-refractivity contribution in [3.63, 3.8) is 0 Å². The molecule has 0 atom stereocenters. The summed E-state index contributed by atoms with van der Waals surface area (Å²) >= 11 is 0. The molecule has 2 rings (SSSR count). The maximum atomic E-state index is 5.99. The van der Waals surface area contributed by atoms with E-state index in [4.69, 9.17) is 15.2 Å². The van der Waals surface area contributed by atoms with Gasteiger partial charge in [-0.25, -0.2) is 10.8 Å². The summed E-state index contributed by atoms with van der Waals surface area (Å²) in [6, 6.07) is 1.98. The highest BCUT2D eigenvalue weighted by Gasteiger charge is 2.52. The molecule has 0 bridgehead atoms. The van der Waals surface area contributed by atoms with Gasteiger partial charge in [-0.2, -0.15) is 0 Å². The molecule has 0 amide bonds. The smallest absolute Gasteiger partial charge is 0.399 e. The lowest BCUT2D eigenvalue weighted by Crippen LogP contribution is -2.41. The Morgan fingerprint density at radius 3 is 2.28 bits per heavy atom. The van der Waals surface area contributed by atoms with E-state index < -0.39 is 7.12 Å². The number of nitrogens with one attached hydrogen (secondary N) is 1. The molecule has 0 unspecified atom stereocenters. The standard InChI is InChI=1S/C12H20BN3O2/c1-8-6-9(10(16-14)15-7-8)13-17-11(2,3)12(4,5)18-13/h6-7H,14H2,1-5H3,(H,15,16). The quantitative estimate of drug-likeness (QED) is 0.464. The third-order valence-electron chi connectivity index (χ3n) is 3.70. The largest absolute Gasteiger partial charge is 0.498 e. The first kappa shape index (κ1) is 13.3. The summed E-state index contributed by atoms with van der Waals surface area (Å²) in [4.78, 5) is 4.24. The second-order valence-electron chi connectivity index (χ2n) is 5.68. The molecule has 2 heterocycles. The molecule has 98 valence electrons. The number of rotatable bonds is 2. The predicted octanol–water partition coefficient (Wildman–Crippen LogP) is 0.975. The number of aromatic nitrogens is 1. The second kappa shape index (κ2) is 4.22. The van der Waals surface area contributed by atoms with E-state index in [-0.39, 0.29) is 11.2 Å². The van der Waals surface area contributed by atoms with Crippen LogP contribution in [0.3, 0.4) is 0 Å². The van der Waals surface area contributed by atoms with Gasteiger partial charge in [0.15, 0.2) is 0 Å². The number of nitrogen functional groups attached to an aromatic ring is 1. The Bertz CT molecular complexity index is 447. The fraction of sp³-hybridized carbons (Fsp3) is 0.583. The maximum absolute atomic E-state index is 5.99. The van der Waals surface area contributed by atoms with Gasteiger partial charge in [-0.15, -0.1) is 0 Å². The van der Waals surface area contributed by atoms with Gasteiger partial charge in [0.1, 0.15) is 5.82 Å². The van der Waals surface area contributed by atoms with E-state index in [1.807, 2.05) is 40.7 Å². The van der Waals surface area contributed by atoms with Crippen LogP contribution in [0, 0.1) is 6.92 Å². The summed E-state index contributed by atoms with van der Waals surface area (Å²) in [5.41, 5.74) is 3.72. The number of hydrogen-bond donors (Lipinski definition) is 2. The number of hydrogen-bond acceptors (Lipinski definition) is 5. The van der Waals surface area contributed by atoms with Crippen molar-refractivity contribution in [1.29, 1.82) is 0 Å². The third kappa shape index (κ3) is 2.11. The minimum Gasteiger partial charge on any atom is -0.399 e. The molecule has 1 fully saturated rings. The van der Waals surface area contributed by atoms with Crippen LogP contribution < -0.4 is 16.7 Å². The number of nitrogens with two attached hydrogens (primary N) is 1. The molecule has 0 radical (unpaired) electrons. The first-order valence-corrected chi connectivity index (χ1v) is 6.05. The van der Waals surface area contributed by atoms with Crippen LogP contribution in [-0.2, 0) is 9.31 Å². The monoisotopic (exact) mass is 249 g/mol. The van der Waals surface area contributed by atoms with E-state index in [9.17, 15) is 0 Å². The van der Waals surface area contributed by atoms with Crippen LogP contribution in [0.25, 0.3) is 0 Å².